The Bertz CT molecular complexity index is 1280. The Morgan fingerprint density at radius 2 is 1.97 bits per heavy atom. The van der Waals surface area contributed by atoms with E-state index in [1.165, 1.54) is 16.9 Å². The molecular formula is C24H27N5O3S2. The molecule has 4 rings (SSSR count). The van der Waals surface area contributed by atoms with Crippen molar-refractivity contribution in [3.8, 4) is 17.2 Å². The average Bonchev–Trinajstić information content (AvgIpc) is 3.41. The first-order chi connectivity index (χ1) is 16.2. The standard InChI is InChI=1S/C24H27N5O3S2/c1-14-12-19-17(13-18(14)31-5)20(21(34-19)22(30)25-23-26-28-29-27-23)32-16-8-6-15(7-9-16)10-11-33-24(2,3)4/h6-9,12-13H,10-11H2,1-5H3,(H2,25,26,27,28,29,30). The van der Waals surface area contributed by atoms with Crippen LogP contribution in [0.25, 0.3) is 10.1 Å². The molecule has 1 amide bonds. The highest BCUT2D eigenvalue weighted by molar-refractivity contribution is 8.00. The summed E-state index contributed by atoms with van der Waals surface area (Å²) in [7, 11) is 1.63. The number of thiophene rings is 1. The monoisotopic (exact) mass is 497 g/mol. The number of aromatic amines is 1. The second-order valence-electron chi connectivity index (χ2n) is 8.72. The van der Waals surface area contributed by atoms with Crippen molar-refractivity contribution in [3.05, 3.63) is 52.4 Å². The van der Waals surface area contributed by atoms with Crippen molar-refractivity contribution in [2.75, 3.05) is 18.2 Å². The zero-order valence-electron chi connectivity index (χ0n) is 19.8. The fourth-order valence-electron chi connectivity index (χ4n) is 3.36. The number of tetrazole rings is 1. The Hall–Kier alpha value is -3.11. The summed E-state index contributed by atoms with van der Waals surface area (Å²) in [6.45, 7) is 8.64. The van der Waals surface area contributed by atoms with Gasteiger partial charge in [-0.15, -0.1) is 16.4 Å². The lowest BCUT2D eigenvalue weighted by atomic mass is 10.1. The number of nitrogens with zero attached hydrogens (tertiary/aromatic N) is 3. The number of amides is 1. The van der Waals surface area contributed by atoms with Crippen molar-refractivity contribution in [3.63, 3.8) is 0 Å². The van der Waals surface area contributed by atoms with Crippen LogP contribution in [0.15, 0.2) is 36.4 Å². The first-order valence-electron chi connectivity index (χ1n) is 10.8. The number of methoxy groups -OCH3 is 1. The number of rotatable bonds is 8. The van der Waals surface area contributed by atoms with Crippen molar-refractivity contribution < 1.29 is 14.3 Å². The topological polar surface area (TPSA) is 102 Å². The molecule has 0 aliphatic carbocycles. The Morgan fingerprint density at radius 3 is 2.62 bits per heavy atom. The van der Waals surface area contributed by atoms with Crippen LogP contribution in [0.1, 0.15) is 41.6 Å². The summed E-state index contributed by atoms with van der Waals surface area (Å²) >= 11 is 3.29. The fraction of sp³-hybridized carbons (Fsp3) is 0.333. The number of thioether (sulfide) groups is 1. The van der Waals surface area contributed by atoms with Gasteiger partial charge < -0.3 is 9.47 Å². The third-order valence-corrected chi connectivity index (χ3v) is 7.41. The molecule has 0 fully saturated rings. The van der Waals surface area contributed by atoms with Gasteiger partial charge in [0.05, 0.1) is 7.11 Å². The normalized spacial score (nSPS) is 11.6. The molecule has 0 saturated heterocycles. The van der Waals surface area contributed by atoms with Gasteiger partial charge in [-0.05, 0) is 59.7 Å². The lowest BCUT2D eigenvalue weighted by molar-refractivity contribution is 0.102. The summed E-state index contributed by atoms with van der Waals surface area (Å²) in [5, 5.41) is 16.9. The molecule has 8 nitrogen and oxygen atoms in total. The van der Waals surface area contributed by atoms with Gasteiger partial charge in [0.2, 0.25) is 0 Å². The summed E-state index contributed by atoms with van der Waals surface area (Å²) in [4.78, 5) is 13.5. The zero-order chi connectivity index (χ0) is 24.3. The number of hydrogen-bond acceptors (Lipinski definition) is 8. The number of nitrogens with one attached hydrogen (secondary N) is 2. The molecule has 0 aliphatic rings. The fourth-order valence-corrected chi connectivity index (χ4v) is 5.42. The van der Waals surface area contributed by atoms with Crippen molar-refractivity contribution in [2.45, 2.75) is 38.9 Å². The zero-order valence-corrected chi connectivity index (χ0v) is 21.4. The number of carbonyl (C=O) groups excluding carboxylic acids is 1. The highest BCUT2D eigenvalue weighted by Crippen LogP contribution is 2.43. The maximum absolute atomic E-state index is 13.0. The third-order valence-electron chi connectivity index (χ3n) is 5.01. The van der Waals surface area contributed by atoms with Crippen LogP contribution in [-0.2, 0) is 6.42 Å². The number of aryl methyl sites for hydroxylation is 2. The lowest BCUT2D eigenvalue weighted by Gasteiger charge is -2.17. The first kappa shape index (κ1) is 24.0. The quantitative estimate of drug-likeness (QED) is 0.315. The van der Waals surface area contributed by atoms with E-state index in [1.807, 2.05) is 43.0 Å². The van der Waals surface area contributed by atoms with Crippen molar-refractivity contribution in [1.82, 2.24) is 20.6 Å². The SMILES string of the molecule is COc1cc2c(Oc3ccc(CCSC(C)(C)C)cc3)c(C(=O)Nc3nn[nH]n3)sc2cc1C. The van der Waals surface area contributed by atoms with Crippen LogP contribution in [0.4, 0.5) is 5.95 Å². The van der Waals surface area contributed by atoms with Gasteiger partial charge in [-0.1, -0.05) is 38.0 Å². The van der Waals surface area contributed by atoms with E-state index in [0.29, 0.717) is 16.4 Å². The Balaban J connectivity index is 1.62. The van der Waals surface area contributed by atoms with Gasteiger partial charge in [0.15, 0.2) is 5.75 Å². The molecular weight excluding hydrogens is 470 g/mol. The molecule has 2 aromatic carbocycles. The van der Waals surface area contributed by atoms with E-state index in [1.54, 1.807) is 7.11 Å². The van der Waals surface area contributed by atoms with E-state index in [9.17, 15) is 4.79 Å². The van der Waals surface area contributed by atoms with Crippen molar-refractivity contribution >= 4 is 45.0 Å². The van der Waals surface area contributed by atoms with E-state index in [0.717, 1.165) is 33.6 Å². The molecule has 4 aromatic rings. The highest BCUT2D eigenvalue weighted by Gasteiger charge is 2.23. The first-order valence-corrected chi connectivity index (χ1v) is 12.6. The van der Waals surface area contributed by atoms with Crippen molar-refractivity contribution in [2.24, 2.45) is 0 Å². The second kappa shape index (κ2) is 10.0. The molecule has 0 bridgehead atoms. The predicted octanol–water partition coefficient (Wildman–Crippen LogP) is 5.85. The van der Waals surface area contributed by atoms with E-state index in [4.69, 9.17) is 9.47 Å². The number of ether oxygens (including phenoxy) is 2. The Kier molecular flexibility index (Phi) is 7.08. The molecule has 0 unspecified atom stereocenters. The van der Waals surface area contributed by atoms with E-state index in [2.05, 4.69) is 58.8 Å². The van der Waals surface area contributed by atoms with Crippen LogP contribution in [0.5, 0.6) is 17.2 Å². The summed E-state index contributed by atoms with van der Waals surface area (Å²) < 4.78 is 13.0. The van der Waals surface area contributed by atoms with E-state index >= 15 is 0 Å². The van der Waals surface area contributed by atoms with Crippen LogP contribution in [0.3, 0.4) is 0 Å². The molecule has 0 spiro atoms. The molecule has 0 saturated carbocycles. The number of H-pyrrole nitrogens is 1. The van der Waals surface area contributed by atoms with Gasteiger partial charge in [0.25, 0.3) is 11.9 Å². The van der Waals surface area contributed by atoms with Gasteiger partial charge >= 0.3 is 0 Å². The summed E-state index contributed by atoms with van der Waals surface area (Å²) in [5.41, 5.74) is 2.22. The molecule has 0 aliphatic heterocycles. The molecule has 34 heavy (non-hydrogen) atoms. The smallest absolute Gasteiger partial charge is 0.272 e. The van der Waals surface area contributed by atoms with Gasteiger partial charge in [0, 0.05) is 14.8 Å². The minimum absolute atomic E-state index is 0.0969. The molecule has 2 aromatic heterocycles. The van der Waals surface area contributed by atoms with Crippen LogP contribution in [0, 0.1) is 6.92 Å². The second-order valence-corrected chi connectivity index (χ2v) is 11.7. The maximum Gasteiger partial charge on any atom is 0.272 e. The van der Waals surface area contributed by atoms with E-state index in [-0.39, 0.29) is 16.6 Å². The van der Waals surface area contributed by atoms with Crippen LogP contribution >= 0.6 is 23.1 Å². The summed E-state index contributed by atoms with van der Waals surface area (Å²) in [6.07, 6.45) is 0.985. The molecule has 0 radical (unpaired) electrons. The van der Waals surface area contributed by atoms with Gasteiger partial charge in [-0.25, -0.2) is 0 Å². The van der Waals surface area contributed by atoms with Crippen LogP contribution < -0.4 is 14.8 Å². The number of benzene rings is 2. The number of carbonyl (C=O) groups is 1. The number of anilines is 1. The third kappa shape index (κ3) is 5.68. The van der Waals surface area contributed by atoms with E-state index < -0.39 is 0 Å². The maximum atomic E-state index is 13.0. The Morgan fingerprint density at radius 1 is 1.21 bits per heavy atom. The number of hydrogen-bond donors (Lipinski definition) is 2. The van der Waals surface area contributed by atoms with Crippen molar-refractivity contribution in [1.29, 1.82) is 0 Å². The minimum atomic E-state index is -0.370. The average molecular weight is 498 g/mol. The summed E-state index contributed by atoms with van der Waals surface area (Å²) in [6, 6.07) is 11.9. The molecule has 2 heterocycles. The van der Waals surface area contributed by atoms with Gasteiger partial charge in [0.1, 0.15) is 16.4 Å². The summed E-state index contributed by atoms with van der Waals surface area (Å²) in [5.74, 6) is 2.63. The Labute approximate surface area is 206 Å². The predicted molar refractivity (Wildman–Crippen MR) is 138 cm³/mol. The molecule has 2 N–H and O–H groups in total. The molecule has 0 atom stereocenters. The molecule has 178 valence electrons. The van der Waals surface area contributed by atoms with Crippen LogP contribution in [-0.4, -0.2) is 44.1 Å². The van der Waals surface area contributed by atoms with Gasteiger partial charge in [-0.3, -0.25) is 10.1 Å². The lowest BCUT2D eigenvalue weighted by Crippen LogP contribution is -2.12. The highest BCUT2D eigenvalue weighted by atomic mass is 32.2. The minimum Gasteiger partial charge on any atom is -0.496 e. The van der Waals surface area contributed by atoms with Crippen LogP contribution in [0.2, 0.25) is 0 Å². The van der Waals surface area contributed by atoms with Gasteiger partial charge in [-0.2, -0.15) is 17.0 Å². The molecule has 10 heteroatoms. The number of aromatic nitrogens is 4. The number of fused-ring (bicyclic) bond motifs is 1. The largest absolute Gasteiger partial charge is 0.496 e.